The highest BCUT2D eigenvalue weighted by atomic mass is 16.6. The molecule has 1 aliphatic rings. The van der Waals surface area contributed by atoms with E-state index in [0.29, 0.717) is 12.5 Å². The number of ether oxygens (including phenoxy) is 1. The molecular formula is C13H21N3O2. The summed E-state index contributed by atoms with van der Waals surface area (Å²) in [6.07, 6.45) is 5.64. The Balaban J connectivity index is 1.96. The largest absolute Gasteiger partial charge is 0.444 e. The molecule has 1 aliphatic heterocycles. The summed E-state index contributed by atoms with van der Waals surface area (Å²) < 4.78 is 5.41. The standard InChI is InChI=1S/C13H21N3O2/c1-13(2,3)18-12(17)16-6-4-5-10(9-16)11-7-14-15-8-11/h7-8,10H,4-6,9H2,1-3H3,(H,14,15). The van der Waals surface area contributed by atoms with Gasteiger partial charge in [0.2, 0.25) is 0 Å². The number of aromatic amines is 1. The number of H-pyrrole nitrogens is 1. The molecule has 1 amide bonds. The Bertz CT molecular complexity index is 395. The molecule has 5 nitrogen and oxygen atoms in total. The normalized spacial score (nSPS) is 20.8. The van der Waals surface area contributed by atoms with Gasteiger partial charge >= 0.3 is 6.09 Å². The second-order valence-corrected chi connectivity index (χ2v) is 5.80. The molecule has 100 valence electrons. The number of hydrogen-bond acceptors (Lipinski definition) is 3. The first-order valence-corrected chi connectivity index (χ1v) is 6.42. The Morgan fingerprint density at radius 3 is 2.94 bits per heavy atom. The third-order valence-electron chi connectivity index (χ3n) is 3.06. The van der Waals surface area contributed by atoms with E-state index in [0.717, 1.165) is 19.4 Å². The van der Waals surface area contributed by atoms with Crippen LogP contribution in [-0.4, -0.2) is 39.9 Å². The summed E-state index contributed by atoms with van der Waals surface area (Å²) in [6.45, 7) is 7.17. The maximum absolute atomic E-state index is 12.0. The van der Waals surface area contributed by atoms with Crippen molar-refractivity contribution in [3.05, 3.63) is 18.0 Å². The number of nitrogens with zero attached hydrogens (tertiary/aromatic N) is 2. The molecule has 1 unspecified atom stereocenters. The van der Waals surface area contributed by atoms with Crippen LogP contribution in [0.1, 0.15) is 45.1 Å². The van der Waals surface area contributed by atoms with Crippen LogP contribution in [0.3, 0.4) is 0 Å². The summed E-state index contributed by atoms with van der Waals surface area (Å²) in [5.74, 6) is 0.366. The average molecular weight is 251 g/mol. The van der Waals surface area contributed by atoms with E-state index < -0.39 is 5.60 Å². The molecule has 2 heterocycles. The van der Waals surface area contributed by atoms with Crippen LogP contribution < -0.4 is 0 Å². The zero-order chi connectivity index (χ0) is 13.2. The molecule has 0 bridgehead atoms. The van der Waals surface area contributed by atoms with E-state index in [-0.39, 0.29) is 6.09 Å². The lowest BCUT2D eigenvalue weighted by molar-refractivity contribution is 0.0198. The summed E-state index contributed by atoms with van der Waals surface area (Å²) in [4.78, 5) is 13.8. The number of likely N-dealkylation sites (tertiary alicyclic amines) is 1. The maximum atomic E-state index is 12.0. The lowest BCUT2D eigenvalue weighted by Gasteiger charge is -2.33. The van der Waals surface area contributed by atoms with Crippen molar-refractivity contribution < 1.29 is 9.53 Å². The van der Waals surface area contributed by atoms with Gasteiger partial charge in [0.1, 0.15) is 5.60 Å². The smallest absolute Gasteiger partial charge is 0.410 e. The van der Waals surface area contributed by atoms with Crippen molar-refractivity contribution in [3.8, 4) is 0 Å². The van der Waals surface area contributed by atoms with E-state index in [2.05, 4.69) is 10.2 Å². The van der Waals surface area contributed by atoms with Crippen molar-refractivity contribution in [2.75, 3.05) is 13.1 Å². The van der Waals surface area contributed by atoms with Gasteiger partial charge in [0.15, 0.2) is 0 Å². The fourth-order valence-corrected chi connectivity index (χ4v) is 2.23. The first-order valence-electron chi connectivity index (χ1n) is 6.42. The summed E-state index contributed by atoms with van der Waals surface area (Å²) in [7, 11) is 0. The highest BCUT2D eigenvalue weighted by Gasteiger charge is 2.28. The van der Waals surface area contributed by atoms with Crippen molar-refractivity contribution in [1.29, 1.82) is 0 Å². The second kappa shape index (κ2) is 5.00. The van der Waals surface area contributed by atoms with Crippen LogP contribution in [0.5, 0.6) is 0 Å². The zero-order valence-electron chi connectivity index (χ0n) is 11.3. The number of aromatic nitrogens is 2. The summed E-state index contributed by atoms with van der Waals surface area (Å²) >= 11 is 0. The van der Waals surface area contributed by atoms with E-state index in [1.165, 1.54) is 5.56 Å². The monoisotopic (exact) mass is 251 g/mol. The zero-order valence-corrected chi connectivity index (χ0v) is 11.3. The number of carbonyl (C=O) groups excluding carboxylic acids is 1. The predicted octanol–water partition coefficient (Wildman–Crippen LogP) is 2.52. The molecule has 1 N–H and O–H groups in total. The Kier molecular flexibility index (Phi) is 3.59. The second-order valence-electron chi connectivity index (χ2n) is 5.80. The molecule has 0 radical (unpaired) electrons. The van der Waals surface area contributed by atoms with Crippen molar-refractivity contribution >= 4 is 6.09 Å². The molecule has 18 heavy (non-hydrogen) atoms. The Labute approximate surface area is 108 Å². The van der Waals surface area contributed by atoms with Crippen LogP contribution in [0.25, 0.3) is 0 Å². The van der Waals surface area contributed by atoms with Gasteiger partial charge in [0, 0.05) is 25.2 Å². The van der Waals surface area contributed by atoms with Crippen LogP contribution in [0.4, 0.5) is 4.79 Å². The van der Waals surface area contributed by atoms with Gasteiger partial charge < -0.3 is 9.64 Å². The molecular weight excluding hydrogens is 230 g/mol. The molecule has 1 aromatic heterocycles. The number of piperidine rings is 1. The topological polar surface area (TPSA) is 58.2 Å². The highest BCUT2D eigenvalue weighted by Crippen LogP contribution is 2.26. The first kappa shape index (κ1) is 12.9. The molecule has 0 aliphatic carbocycles. The van der Waals surface area contributed by atoms with E-state index in [1.54, 1.807) is 4.90 Å². The SMILES string of the molecule is CC(C)(C)OC(=O)N1CCCC(c2cn[nH]c2)C1. The molecule has 0 spiro atoms. The fourth-order valence-electron chi connectivity index (χ4n) is 2.23. The lowest BCUT2D eigenvalue weighted by Crippen LogP contribution is -2.42. The minimum absolute atomic E-state index is 0.212. The molecule has 0 aromatic carbocycles. The first-order chi connectivity index (χ1) is 8.46. The predicted molar refractivity (Wildman–Crippen MR) is 68.4 cm³/mol. The number of nitrogens with one attached hydrogen (secondary N) is 1. The minimum atomic E-state index is -0.431. The van der Waals surface area contributed by atoms with Gasteiger partial charge in [-0.25, -0.2) is 4.79 Å². The number of rotatable bonds is 1. The van der Waals surface area contributed by atoms with Gasteiger partial charge in [0.25, 0.3) is 0 Å². The van der Waals surface area contributed by atoms with Crippen molar-refractivity contribution in [1.82, 2.24) is 15.1 Å². The Hall–Kier alpha value is -1.52. The molecule has 1 fully saturated rings. The number of carbonyl (C=O) groups is 1. The molecule has 5 heteroatoms. The lowest BCUT2D eigenvalue weighted by atomic mass is 9.93. The van der Waals surface area contributed by atoms with Crippen LogP contribution in [0.15, 0.2) is 12.4 Å². The molecule has 2 rings (SSSR count). The average Bonchev–Trinajstić information content (AvgIpc) is 2.80. The molecule has 1 aromatic rings. The quantitative estimate of drug-likeness (QED) is 0.834. The third kappa shape index (κ3) is 3.24. The minimum Gasteiger partial charge on any atom is -0.444 e. The van der Waals surface area contributed by atoms with Crippen molar-refractivity contribution in [2.45, 2.75) is 45.1 Å². The van der Waals surface area contributed by atoms with E-state index in [1.807, 2.05) is 33.2 Å². The van der Waals surface area contributed by atoms with Crippen molar-refractivity contribution in [2.24, 2.45) is 0 Å². The van der Waals surface area contributed by atoms with E-state index in [4.69, 9.17) is 4.74 Å². The fraction of sp³-hybridized carbons (Fsp3) is 0.692. The van der Waals surface area contributed by atoms with Gasteiger partial charge in [0.05, 0.1) is 6.20 Å². The number of hydrogen-bond donors (Lipinski definition) is 1. The van der Waals surface area contributed by atoms with Crippen LogP contribution in [-0.2, 0) is 4.74 Å². The summed E-state index contributed by atoms with van der Waals surface area (Å²) in [6, 6.07) is 0. The van der Waals surface area contributed by atoms with Crippen molar-refractivity contribution in [3.63, 3.8) is 0 Å². The van der Waals surface area contributed by atoms with Gasteiger partial charge in [-0.2, -0.15) is 5.10 Å². The summed E-state index contributed by atoms with van der Waals surface area (Å²) in [5, 5.41) is 6.79. The van der Waals surface area contributed by atoms with Gasteiger partial charge in [-0.3, -0.25) is 5.10 Å². The molecule has 1 atom stereocenters. The van der Waals surface area contributed by atoms with Crippen LogP contribution in [0, 0.1) is 0 Å². The Morgan fingerprint density at radius 2 is 2.33 bits per heavy atom. The maximum Gasteiger partial charge on any atom is 0.410 e. The van der Waals surface area contributed by atoms with Gasteiger partial charge in [-0.1, -0.05) is 0 Å². The Morgan fingerprint density at radius 1 is 1.56 bits per heavy atom. The van der Waals surface area contributed by atoms with Gasteiger partial charge in [-0.05, 0) is 39.2 Å². The third-order valence-corrected chi connectivity index (χ3v) is 3.06. The van der Waals surface area contributed by atoms with E-state index >= 15 is 0 Å². The molecule has 1 saturated heterocycles. The van der Waals surface area contributed by atoms with Crippen LogP contribution >= 0.6 is 0 Å². The highest BCUT2D eigenvalue weighted by molar-refractivity contribution is 5.68. The molecule has 0 saturated carbocycles. The van der Waals surface area contributed by atoms with E-state index in [9.17, 15) is 4.79 Å². The van der Waals surface area contributed by atoms with Crippen LogP contribution in [0.2, 0.25) is 0 Å². The number of amides is 1. The van der Waals surface area contributed by atoms with Gasteiger partial charge in [-0.15, -0.1) is 0 Å². The summed E-state index contributed by atoms with van der Waals surface area (Å²) in [5.41, 5.74) is 0.739.